The standard InChI is InChI=1S/C23H22N4O4S2.C3H8O/c1-23(2,21(28)29)27-20(32)18-16(9-8-15(25-18)19-24-11-13-31-19)26(22(27)33)12-10-14-6-4-5-7-17(14)30-3;1-3(2)4/h4-9,11,13H,10,12H2,1-3H3,(H,28,29);3-4H,1-2H3. The van der Waals surface area contributed by atoms with Crippen molar-refractivity contribution in [1.29, 1.82) is 0 Å². The number of fused-ring (bicyclic) bond motifs is 1. The maximum Gasteiger partial charge on any atom is 0.329 e. The van der Waals surface area contributed by atoms with Gasteiger partial charge in [0.25, 0.3) is 0 Å². The number of carbonyl (C=O) groups is 1. The Balaban J connectivity index is 0.000000886. The van der Waals surface area contributed by atoms with E-state index < -0.39 is 11.5 Å². The molecule has 9 nitrogen and oxygen atoms in total. The Labute approximate surface area is 225 Å². The van der Waals surface area contributed by atoms with E-state index in [1.807, 2.05) is 34.9 Å². The number of aromatic nitrogens is 4. The number of ether oxygens (including phenoxy) is 1. The second-order valence-corrected chi connectivity index (χ2v) is 9.75. The van der Waals surface area contributed by atoms with Gasteiger partial charge in [0.2, 0.25) is 5.89 Å². The van der Waals surface area contributed by atoms with Crippen LogP contribution in [0.5, 0.6) is 5.75 Å². The summed E-state index contributed by atoms with van der Waals surface area (Å²) in [7, 11) is 1.63. The monoisotopic (exact) mass is 542 g/mol. The van der Waals surface area contributed by atoms with E-state index in [2.05, 4.69) is 9.97 Å². The lowest BCUT2D eigenvalue weighted by Crippen LogP contribution is -2.38. The number of carboxylic acids is 1. The normalized spacial score (nSPS) is 11.3. The van der Waals surface area contributed by atoms with Crippen LogP contribution in [0.1, 0.15) is 33.3 Å². The van der Waals surface area contributed by atoms with Gasteiger partial charge in [-0.1, -0.05) is 30.4 Å². The number of para-hydroxylation sites is 1. The number of nitrogens with zero attached hydrogens (tertiary/aromatic N) is 4. The second-order valence-electron chi connectivity index (χ2n) is 9.00. The molecule has 0 aliphatic rings. The Hall–Kier alpha value is -3.41. The minimum atomic E-state index is -1.38. The van der Waals surface area contributed by atoms with Gasteiger partial charge in [-0.3, -0.25) is 4.57 Å². The number of oxazole rings is 1. The summed E-state index contributed by atoms with van der Waals surface area (Å²) in [4.78, 5) is 20.9. The first-order chi connectivity index (χ1) is 17.5. The van der Waals surface area contributed by atoms with Crippen molar-refractivity contribution in [3.63, 3.8) is 0 Å². The highest BCUT2D eigenvalue weighted by molar-refractivity contribution is 7.72. The lowest BCUT2D eigenvalue weighted by atomic mass is 10.1. The lowest BCUT2D eigenvalue weighted by molar-refractivity contribution is -0.145. The van der Waals surface area contributed by atoms with Crippen LogP contribution in [0, 0.1) is 9.41 Å². The van der Waals surface area contributed by atoms with Gasteiger partial charge < -0.3 is 23.9 Å². The van der Waals surface area contributed by atoms with Crippen LogP contribution in [-0.4, -0.2) is 48.5 Å². The minimum absolute atomic E-state index is 0.167. The van der Waals surface area contributed by atoms with Crippen LogP contribution in [0.15, 0.2) is 53.3 Å². The van der Waals surface area contributed by atoms with Gasteiger partial charge in [0.05, 0.1) is 18.8 Å². The molecule has 196 valence electrons. The average molecular weight is 543 g/mol. The third-order valence-corrected chi connectivity index (χ3v) is 6.30. The molecular weight excluding hydrogens is 512 g/mol. The molecule has 1 aromatic carbocycles. The van der Waals surface area contributed by atoms with Crippen LogP contribution in [0.25, 0.3) is 22.6 Å². The Kier molecular flexibility index (Phi) is 8.95. The largest absolute Gasteiger partial charge is 0.496 e. The second kappa shape index (κ2) is 11.8. The van der Waals surface area contributed by atoms with Crippen molar-refractivity contribution in [3.05, 3.63) is 63.8 Å². The summed E-state index contributed by atoms with van der Waals surface area (Å²) in [6, 6.07) is 11.4. The van der Waals surface area contributed by atoms with E-state index in [0.29, 0.717) is 40.4 Å². The fraction of sp³-hybridized carbons (Fsp3) is 0.346. The molecule has 0 spiro atoms. The van der Waals surface area contributed by atoms with Crippen LogP contribution in [-0.2, 0) is 23.3 Å². The first-order valence-electron chi connectivity index (χ1n) is 11.6. The molecule has 3 aromatic heterocycles. The fourth-order valence-electron chi connectivity index (χ4n) is 3.66. The van der Waals surface area contributed by atoms with Crippen molar-refractivity contribution >= 4 is 41.4 Å². The number of carboxylic acid groups (broad SMARTS) is 1. The molecule has 4 rings (SSSR count). The third kappa shape index (κ3) is 6.12. The number of aliphatic hydroxyl groups is 1. The minimum Gasteiger partial charge on any atom is -0.496 e. The number of aliphatic hydroxyl groups excluding tert-OH is 1. The molecule has 0 amide bonds. The highest BCUT2D eigenvalue weighted by Crippen LogP contribution is 2.27. The van der Waals surface area contributed by atoms with E-state index in [9.17, 15) is 9.90 Å². The van der Waals surface area contributed by atoms with Crippen molar-refractivity contribution in [2.75, 3.05) is 7.11 Å². The molecule has 0 aliphatic heterocycles. The van der Waals surface area contributed by atoms with E-state index in [1.54, 1.807) is 40.9 Å². The molecule has 0 unspecified atom stereocenters. The number of pyridine rings is 1. The Morgan fingerprint density at radius 3 is 2.46 bits per heavy atom. The molecule has 0 aliphatic carbocycles. The number of methoxy groups -OCH3 is 1. The summed E-state index contributed by atoms with van der Waals surface area (Å²) in [6.07, 6.45) is 3.44. The zero-order valence-electron chi connectivity index (χ0n) is 21.3. The van der Waals surface area contributed by atoms with E-state index in [1.165, 1.54) is 17.0 Å². The van der Waals surface area contributed by atoms with Crippen LogP contribution >= 0.6 is 24.4 Å². The highest BCUT2D eigenvalue weighted by atomic mass is 32.1. The summed E-state index contributed by atoms with van der Waals surface area (Å²) in [5, 5.41) is 18.0. The predicted molar refractivity (Wildman–Crippen MR) is 146 cm³/mol. The van der Waals surface area contributed by atoms with Gasteiger partial charge in [0, 0.05) is 12.6 Å². The Bertz CT molecular complexity index is 1510. The Morgan fingerprint density at radius 1 is 1.19 bits per heavy atom. The number of hydrogen-bond donors (Lipinski definition) is 2. The maximum atomic E-state index is 12.1. The highest BCUT2D eigenvalue weighted by Gasteiger charge is 2.32. The summed E-state index contributed by atoms with van der Waals surface area (Å²) >= 11 is 11.5. The lowest BCUT2D eigenvalue weighted by Gasteiger charge is -2.26. The summed E-state index contributed by atoms with van der Waals surface area (Å²) in [6.45, 7) is 7.05. The van der Waals surface area contributed by atoms with Crippen molar-refractivity contribution < 1.29 is 24.2 Å². The molecule has 0 saturated carbocycles. The van der Waals surface area contributed by atoms with Gasteiger partial charge in [0.15, 0.2) is 4.77 Å². The van der Waals surface area contributed by atoms with Crippen LogP contribution < -0.4 is 4.74 Å². The van der Waals surface area contributed by atoms with Gasteiger partial charge in [-0.05, 0) is 70.1 Å². The molecule has 11 heteroatoms. The molecule has 3 heterocycles. The summed E-state index contributed by atoms with van der Waals surface area (Å²) in [5.74, 6) is 0.0683. The summed E-state index contributed by atoms with van der Waals surface area (Å²) in [5.41, 5.74) is 1.27. The van der Waals surface area contributed by atoms with E-state index in [4.69, 9.17) is 38.7 Å². The zero-order valence-corrected chi connectivity index (χ0v) is 23.0. The summed E-state index contributed by atoms with van der Waals surface area (Å²) < 4.78 is 14.7. The zero-order chi connectivity index (χ0) is 27.3. The van der Waals surface area contributed by atoms with Crippen LogP contribution in [0.2, 0.25) is 0 Å². The molecule has 0 fully saturated rings. The van der Waals surface area contributed by atoms with Crippen molar-refractivity contribution in [2.45, 2.75) is 52.3 Å². The van der Waals surface area contributed by atoms with Crippen LogP contribution in [0.3, 0.4) is 0 Å². The topological polar surface area (TPSA) is 116 Å². The fourth-order valence-corrected chi connectivity index (χ4v) is 4.69. The quantitative estimate of drug-likeness (QED) is 0.296. The van der Waals surface area contributed by atoms with Gasteiger partial charge in [-0.15, -0.1) is 0 Å². The maximum absolute atomic E-state index is 12.1. The van der Waals surface area contributed by atoms with Crippen molar-refractivity contribution in [1.82, 2.24) is 19.1 Å². The predicted octanol–water partition coefficient (Wildman–Crippen LogP) is 5.41. The third-order valence-electron chi connectivity index (χ3n) is 5.52. The van der Waals surface area contributed by atoms with Crippen LogP contribution in [0.4, 0.5) is 0 Å². The average Bonchev–Trinajstić information content (AvgIpc) is 3.38. The molecule has 37 heavy (non-hydrogen) atoms. The van der Waals surface area contributed by atoms with Crippen molar-refractivity contribution in [2.24, 2.45) is 0 Å². The first kappa shape index (κ1) is 28.2. The number of hydrogen-bond acceptors (Lipinski definition) is 8. The molecule has 0 bridgehead atoms. The van der Waals surface area contributed by atoms with Gasteiger partial charge in [-0.2, -0.15) is 0 Å². The number of benzene rings is 1. The van der Waals surface area contributed by atoms with Gasteiger partial charge in [-0.25, -0.2) is 14.8 Å². The first-order valence-corrected chi connectivity index (χ1v) is 12.4. The van der Waals surface area contributed by atoms with E-state index in [-0.39, 0.29) is 10.7 Å². The molecule has 0 atom stereocenters. The SMILES string of the molecule is CC(C)O.COc1ccccc1CCn1c(=S)n(C(C)(C)C(=O)O)c(=S)c2nc(-c3ncco3)ccc21. The van der Waals surface area contributed by atoms with Crippen molar-refractivity contribution in [3.8, 4) is 17.3 Å². The molecule has 4 aromatic rings. The number of rotatable bonds is 7. The number of aliphatic carboxylic acids is 1. The van der Waals surface area contributed by atoms with E-state index >= 15 is 0 Å². The van der Waals surface area contributed by atoms with Gasteiger partial charge in [0.1, 0.15) is 33.4 Å². The molecule has 2 N–H and O–H groups in total. The molecule has 0 radical (unpaired) electrons. The molecular formula is C26H30N4O5S2. The smallest absolute Gasteiger partial charge is 0.329 e. The molecule has 0 saturated heterocycles. The van der Waals surface area contributed by atoms with E-state index in [0.717, 1.165) is 11.3 Å². The van der Waals surface area contributed by atoms with Gasteiger partial charge >= 0.3 is 5.97 Å². The number of aryl methyl sites for hydroxylation is 2. The Morgan fingerprint density at radius 2 is 1.86 bits per heavy atom.